The highest BCUT2D eigenvalue weighted by Crippen LogP contribution is 2.43. The summed E-state index contributed by atoms with van der Waals surface area (Å²) in [5.41, 5.74) is 0.469. The fourth-order valence-electron chi connectivity index (χ4n) is 5.36. The number of nitrogens with zero attached hydrogens (tertiary/aromatic N) is 3. The van der Waals surface area contributed by atoms with Crippen LogP contribution >= 0.6 is 0 Å². The molecule has 40 heavy (non-hydrogen) atoms. The van der Waals surface area contributed by atoms with E-state index in [1.165, 1.54) is 13.0 Å². The number of carbonyl (C=O) groups excluding carboxylic acids is 2. The van der Waals surface area contributed by atoms with E-state index in [9.17, 15) is 14.7 Å². The molecule has 12 nitrogen and oxygen atoms in total. The number of aliphatic hydroxyl groups is 1. The maximum absolute atomic E-state index is 12.4. The number of amides is 1. The third-order valence-electron chi connectivity index (χ3n) is 7.72. The molecule has 3 aliphatic rings. The lowest BCUT2D eigenvalue weighted by atomic mass is 9.87. The van der Waals surface area contributed by atoms with Crippen LogP contribution in [0.15, 0.2) is 36.0 Å². The lowest BCUT2D eigenvalue weighted by molar-refractivity contribution is -0.143. The number of hydrogen-bond acceptors (Lipinski definition) is 10. The number of rotatable bonds is 10. The first-order valence-corrected chi connectivity index (χ1v) is 13.9. The zero-order valence-corrected chi connectivity index (χ0v) is 23.8. The van der Waals surface area contributed by atoms with Gasteiger partial charge in [-0.15, -0.1) is 10.2 Å². The quantitative estimate of drug-likeness (QED) is 0.167. The van der Waals surface area contributed by atoms with Crippen molar-refractivity contribution < 1.29 is 33.6 Å². The SMILES string of the molecule is CC(=O)O[C@@H](C)/C=C\C(=O)N[C@@H]1C[C@H](C)[C@H](C/C=C(C)/C=C/[C@H]2O[C@H](Cc3nn[nH]n3)C[C@@]3(CO3)[C@@H]2O)O[C@@H]1C. The summed E-state index contributed by atoms with van der Waals surface area (Å²) in [7, 11) is 0. The molecule has 1 aromatic heterocycles. The zero-order chi connectivity index (χ0) is 28.9. The van der Waals surface area contributed by atoms with Crippen molar-refractivity contribution in [1.82, 2.24) is 25.9 Å². The molecule has 3 fully saturated rings. The average Bonchev–Trinajstić information content (AvgIpc) is 3.47. The Morgan fingerprint density at radius 2 is 2.05 bits per heavy atom. The molecule has 0 radical (unpaired) electrons. The number of allylic oxidation sites excluding steroid dienone is 2. The molecular formula is C28H41N5O7. The Hall–Kier alpha value is -2.93. The van der Waals surface area contributed by atoms with Crippen molar-refractivity contribution in [2.45, 2.75) is 109 Å². The number of carbonyl (C=O) groups is 2. The van der Waals surface area contributed by atoms with Crippen LogP contribution in [0.3, 0.4) is 0 Å². The summed E-state index contributed by atoms with van der Waals surface area (Å²) in [6.07, 6.45) is 9.50. The van der Waals surface area contributed by atoms with Gasteiger partial charge in [0.1, 0.15) is 23.9 Å². The van der Waals surface area contributed by atoms with Crippen LogP contribution < -0.4 is 5.32 Å². The van der Waals surface area contributed by atoms with Gasteiger partial charge in [-0.3, -0.25) is 9.59 Å². The molecule has 9 atom stereocenters. The summed E-state index contributed by atoms with van der Waals surface area (Å²) in [4.78, 5) is 23.4. The van der Waals surface area contributed by atoms with Crippen LogP contribution in [0.1, 0.15) is 59.7 Å². The summed E-state index contributed by atoms with van der Waals surface area (Å²) < 4.78 is 23.1. The molecule has 1 spiro atoms. The van der Waals surface area contributed by atoms with Crippen LogP contribution in [0.2, 0.25) is 0 Å². The molecule has 4 heterocycles. The van der Waals surface area contributed by atoms with E-state index in [4.69, 9.17) is 18.9 Å². The molecule has 3 saturated heterocycles. The lowest BCUT2D eigenvalue weighted by Crippen LogP contribution is -2.50. The molecule has 220 valence electrons. The van der Waals surface area contributed by atoms with E-state index in [1.807, 2.05) is 26.0 Å². The summed E-state index contributed by atoms with van der Waals surface area (Å²) in [6, 6.07) is -0.111. The third-order valence-corrected chi connectivity index (χ3v) is 7.72. The van der Waals surface area contributed by atoms with E-state index in [0.717, 1.165) is 18.4 Å². The Morgan fingerprint density at radius 3 is 2.73 bits per heavy atom. The maximum Gasteiger partial charge on any atom is 0.303 e. The highest BCUT2D eigenvalue weighted by Gasteiger charge is 2.58. The number of esters is 1. The van der Waals surface area contributed by atoms with Gasteiger partial charge in [0.25, 0.3) is 0 Å². The molecule has 0 bridgehead atoms. The number of aliphatic hydroxyl groups excluding tert-OH is 1. The van der Waals surface area contributed by atoms with Crippen molar-refractivity contribution in [3.63, 3.8) is 0 Å². The second kappa shape index (κ2) is 13.2. The van der Waals surface area contributed by atoms with Crippen LogP contribution in [0.4, 0.5) is 0 Å². The first-order valence-electron chi connectivity index (χ1n) is 13.9. The molecule has 3 aliphatic heterocycles. The van der Waals surface area contributed by atoms with Gasteiger partial charge >= 0.3 is 5.97 Å². The molecule has 0 aromatic carbocycles. The van der Waals surface area contributed by atoms with Gasteiger partial charge in [-0.05, 0) is 45.6 Å². The van der Waals surface area contributed by atoms with E-state index in [1.54, 1.807) is 13.0 Å². The predicted molar refractivity (Wildman–Crippen MR) is 144 cm³/mol. The zero-order valence-electron chi connectivity index (χ0n) is 23.8. The fourth-order valence-corrected chi connectivity index (χ4v) is 5.36. The largest absolute Gasteiger partial charge is 0.459 e. The number of epoxide rings is 1. The molecule has 0 aliphatic carbocycles. The fraction of sp³-hybridized carbons (Fsp3) is 0.679. The number of H-pyrrole nitrogens is 1. The highest BCUT2D eigenvalue weighted by atomic mass is 16.6. The normalized spacial score (nSPS) is 35.2. The third kappa shape index (κ3) is 8.06. The molecule has 0 unspecified atom stereocenters. The van der Waals surface area contributed by atoms with Gasteiger partial charge in [0.15, 0.2) is 5.82 Å². The molecule has 3 N–H and O–H groups in total. The topological polar surface area (TPSA) is 161 Å². The minimum absolute atomic E-state index is 0.0185. The van der Waals surface area contributed by atoms with E-state index in [0.29, 0.717) is 25.3 Å². The Morgan fingerprint density at radius 1 is 1.27 bits per heavy atom. The lowest BCUT2D eigenvalue weighted by Gasteiger charge is -2.39. The van der Waals surface area contributed by atoms with Crippen LogP contribution in [0.25, 0.3) is 0 Å². The van der Waals surface area contributed by atoms with E-state index in [-0.39, 0.29) is 36.2 Å². The number of tetrazole rings is 1. The van der Waals surface area contributed by atoms with Crippen molar-refractivity contribution in [2.24, 2.45) is 5.92 Å². The van der Waals surface area contributed by atoms with Crippen LogP contribution in [0.5, 0.6) is 0 Å². The summed E-state index contributed by atoms with van der Waals surface area (Å²) in [6.45, 7) is 9.65. The van der Waals surface area contributed by atoms with Crippen molar-refractivity contribution in [3.05, 3.63) is 41.8 Å². The summed E-state index contributed by atoms with van der Waals surface area (Å²) in [5.74, 6) is 0.174. The van der Waals surface area contributed by atoms with E-state index >= 15 is 0 Å². The Kier molecular flexibility index (Phi) is 9.88. The van der Waals surface area contributed by atoms with Crippen LogP contribution in [-0.2, 0) is 35.0 Å². The van der Waals surface area contributed by atoms with Gasteiger partial charge in [0, 0.05) is 25.8 Å². The number of ether oxygens (including phenoxy) is 4. The molecule has 0 saturated carbocycles. The van der Waals surface area contributed by atoms with E-state index in [2.05, 4.69) is 38.9 Å². The number of aromatic nitrogens is 4. The second-order valence-electron chi connectivity index (χ2n) is 11.2. The molecular weight excluding hydrogens is 518 g/mol. The first-order chi connectivity index (χ1) is 19.0. The van der Waals surface area contributed by atoms with Gasteiger partial charge in [0.2, 0.25) is 5.91 Å². The maximum atomic E-state index is 12.4. The molecule has 1 amide bonds. The van der Waals surface area contributed by atoms with E-state index < -0.39 is 29.9 Å². The van der Waals surface area contributed by atoms with Gasteiger partial charge in [-0.2, -0.15) is 5.21 Å². The smallest absolute Gasteiger partial charge is 0.303 e. The van der Waals surface area contributed by atoms with Crippen LogP contribution in [-0.4, -0.2) is 92.5 Å². The monoisotopic (exact) mass is 559 g/mol. The van der Waals surface area contributed by atoms with Crippen molar-refractivity contribution >= 4 is 11.9 Å². The van der Waals surface area contributed by atoms with Gasteiger partial charge < -0.3 is 29.4 Å². The standard InChI is InChI=1S/C28H41N5O7/c1-16(7-10-24-27(36)28(15-37-28)14-21(40-24)13-25-30-32-33-31-25)6-9-23-17(2)12-22(19(4)39-23)29-26(35)11-8-18(3)38-20(5)34/h6-8,10-11,17-19,21-24,27,36H,9,12-15H2,1-5H3,(H,29,35)(H,30,31,32,33)/b10-7+,11-8-,16-6+/t17-,18-,19+,21+,22+,23-,24+,27+,28+/m0/s1. The Labute approximate surface area is 234 Å². The molecule has 1 aromatic rings. The second-order valence-corrected chi connectivity index (χ2v) is 11.2. The summed E-state index contributed by atoms with van der Waals surface area (Å²) in [5, 5.41) is 27.9. The van der Waals surface area contributed by atoms with Gasteiger partial charge in [0.05, 0.1) is 31.0 Å². The van der Waals surface area contributed by atoms with Crippen LogP contribution in [0, 0.1) is 5.92 Å². The minimum atomic E-state index is -0.743. The predicted octanol–water partition coefficient (Wildman–Crippen LogP) is 1.73. The van der Waals surface area contributed by atoms with Crippen molar-refractivity contribution in [1.29, 1.82) is 0 Å². The number of aromatic amines is 1. The molecule has 4 rings (SSSR count). The van der Waals surface area contributed by atoms with Crippen molar-refractivity contribution in [3.8, 4) is 0 Å². The highest BCUT2D eigenvalue weighted by molar-refractivity contribution is 5.87. The molecule has 12 heteroatoms. The summed E-state index contributed by atoms with van der Waals surface area (Å²) >= 11 is 0. The number of hydrogen-bond donors (Lipinski definition) is 3. The first kappa shape index (κ1) is 30.0. The van der Waals surface area contributed by atoms with Crippen molar-refractivity contribution in [2.75, 3.05) is 6.61 Å². The minimum Gasteiger partial charge on any atom is -0.459 e. The number of nitrogens with one attached hydrogen (secondary N) is 2. The van der Waals surface area contributed by atoms with Gasteiger partial charge in [-0.1, -0.05) is 35.9 Å². The van der Waals surface area contributed by atoms with Gasteiger partial charge in [-0.25, -0.2) is 0 Å². The Bertz CT molecular complexity index is 1100. The Balaban J connectivity index is 1.26. The average molecular weight is 560 g/mol.